The van der Waals surface area contributed by atoms with Crippen molar-refractivity contribution in [1.29, 1.82) is 0 Å². The summed E-state index contributed by atoms with van der Waals surface area (Å²) in [6.45, 7) is 0. The van der Waals surface area contributed by atoms with Gasteiger partial charge in [0.1, 0.15) is 50.9 Å². The largest absolute Gasteiger partial charge is 0.506 e. The minimum absolute atomic E-state index is 0. The number of carbonyl (C=O) groups is 3. The number of rotatable bonds is 3. The maximum Gasteiger partial charge on any atom is 0.354 e. The molecular formula is C30H21N3O9Sm. The van der Waals surface area contributed by atoms with Crippen LogP contribution < -0.4 is 0 Å². The molecular weight excluding hydrogens is 697 g/mol. The van der Waals surface area contributed by atoms with E-state index in [9.17, 15) is 29.7 Å². The molecule has 0 saturated heterocycles. The van der Waals surface area contributed by atoms with Gasteiger partial charge in [0.2, 0.25) is 0 Å². The average Bonchev–Trinajstić information content (AvgIpc) is 2.98. The average molecular weight is 718 g/mol. The summed E-state index contributed by atoms with van der Waals surface area (Å²) < 4.78 is 0. The van der Waals surface area contributed by atoms with Crippen LogP contribution in [-0.4, -0.2) is 63.5 Å². The molecule has 6 rings (SSSR count). The molecule has 216 valence electrons. The first kappa shape index (κ1) is 32.6. The van der Waals surface area contributed by atoms with Crippen molar-refractivity contribution in [2.24, 2.45) is 0 Å². The summed E-state index contributed by atoms with van der Waals surface area (Å²) in [6, 6.07) is 23.8. The second-order valence-corrected chi connectivity index (χ2v) is 8.55. The molecule has 6 N–H and O–H groups in total. The van der Waals surface area contributed by atoms with Crippen LogP contribution in [-0.2, 0) is 0 Å². The molecule has 0 aliphatic carbocycles. The Balaban J connectivity index is 0.000000175. The predicted octanol–water partition coefficient (Wildman–Crippen LogP) is 4.92. The Morgan fingerprint density at radius 3 is 0.907 bits per heavy atom. The van der Waals surface area contributed by atoms with Crippen LogP contribution in [0.1, 0.15) is 31.5 Å². The van der Waals surface area contributed by atoms with Crippen molar-refractivity contribution in [1.82, 2.24) is 15.0 Å². The summed E-state index contributed by atoms with van der Waals surface area (Å²) in [5, 5.41) is 56.5. The van der Waals surface area contributed by atoms with Gasteiger partial charge >= 0.3 is 17.9 Å². The first-order valence-corrected chi connectivity index (χ1v) is 12.0. The molecule has 3 aromatic carbocycles. The van der Waals surface area contributed by atoms with Gasteiger partial charge in [0, 0.05) is 56.5 Å². The van der Waals surface area contributed by atoms with Gasteiger partial charge in [0.15, 0.2) is 0 Å². The summed E-state index contributed by atoms with van der Waals surface area (Å²) >= 11 is 0. The number of nitrogens with zero attached hydrogens (tertiary/aromatic N) is 3. The zero-order chi connectivity index (χ0) is 30.4. The first-order valence-electron chi connectivity index (χ1n) is 12.0. The summed E-state index contributed by atoms with van der Waals surface area (Å²) in [6.07, 6.45) is 0. The molecule has 0 atom stereocenters. The van der Waals surface area contributed by atoms with Gasteiger partial charge in [0.25, 0.3) is 0 Å². The first-order chi connectivity index (χ1) is 20.0. The molecule has 13 heteroatoms. The Morgan fingerprint density at radius 1 is 0.419 bits per heavy atom. The number of hydrogen-bond donors (Lipinski definition) is 6. The smallest absolute Gasteiger partial charge is 0.354 e. The van der Waals surface area contributed by atoms with Crippen molar-refractivity contribution in [2.75, 3.05) is 0 Å². The molecule has 0 fully saturated rings. The van der Waals surface area contributed by atoms with Crippen molar-refractivity contribution in [3.63, 3.8) is 0 Å². The van der Waals surface area contributed by atoms with Crippen LogP contribution in [0, 0.1) is 40.4 Å². The number of para-hydroxylation sites is 3. The van der Waals surface area contributed by atoms with E-state index in [4.69, 9.17) is 15.3 Å². The van der Waals surface area contributed by atoms with Crippen LogP contribution in [0.5, 0.6) is 17.2 Å². The fourth-order valence-electron chi connectivity index (χ4n) is 3.75. The van der Waals surface area contributed by atoms with Crippen molar-refractivity contribution >= 4 is 50.6 Å². The van der Waals surface area contributed by atoms with Gasteiger partial charge < -0.3 is 30.6 Å². The minimum atomic E-state index is -1.10. The zero-order valence-electron chi connectivity index (χ0n) is 21.8. The number of carboxylic acid groups (broad SMARTS) is 3. The van der Waals surface area contributed by atoms with E-state index < -0.39 is 17.9 Å². The van der Waals surface area contributed by atoms with E-state index in [0.29, 0.717) is 16.6 Å². The Kier molecular flexibility index (Phi) is 10.8. The summed E-state index contributed by atoms with van der Waals surface area (Å²) in [7, 11) is 0. The van der Waals surface area contributed by atoms with Crippen molar-refractivity contribution in [3.05, 3.63) is 108 Å². The fraction of sp³-hybridized carbons (Fsp3) is 0. The summed E-state index contributed by atoms with van der Waals surface area (Å²) in [4.78, 5) is 43.3. The third-order valence-electron chi connectivity index (χ3n) is 5.75. The van der Waals surface area contributed by atoms with E-state index >= 15 is 0 Å². The maximum atomic E-state index is 10.6. The number of aromatic nitrogens is 3. The van der Waals surface area contributed by atoms with Gasteiger partial charge in [-0.3, -0.25) is 0 Å². The molecule has 0 aliphatic rings. The van der Waals surface area contributed by atoms with Crippen LogP contribution >= 0.6 is 0 Å². The molecule has 0 saturated carbocycles. The SMILES string of the molecule is O=C(O)c1ccc2cccc(O)c2n1.O=C(O)c1ccc2cccc(O)c2n1.O=C(O)c1ccc2cccc(O)c2n1.[Sm]. The van der Waals surface area contributed by atoms with E-state index in [0.717, 1.165) is 16.2 Å². The minimum Gasteiger partial charge on any atom is -0.506 e. The number of aromatic carboxylic acids is 3. The van der Waals surface area contributed by atoms with Crippen LogP contribution in [0.4, 0.5) is 0 Å². The molecule has 12 nitrogen and oxygen atoms in total. The van der Waals surface area contributed by atoms with Crippen LogP contribution in [0.3, 0.4) is 0 Å². The number of carboxylic acids is 3. The van der Waals surface area contributed by atoms with E-state index in [1.165, 1.54) is 36.4 Å². The van der Waals surface area contributed by atoms with Gasteiger partial charge in [-0.1, -0.05) is 54.6 Å². The zero-order valence-corrected chi connectivity index (χ0v) is 24.4. The van der Waals surface area contributed by atoms with Crippen LogP contribution in [0.25, 0.3) is 32.7 Å². The standard InChI is InChI=1S/3C10H7NO3.Sm/c3*12-8-3-1-2-6-4-5-7(10(13)14)11-9(6)8;/h3*1-5,12H,(H,13,14);. The molecule has 3 heterocycles. The number of phenols is 3. The van der Waals surface area contributed by atoms with E-state index in [2.05, 4.69) is 15.0 Å². The van der Waals surface area contributed by atoms with Gasteiger partial charge in [-0.05, 0) is 36.4 Å². The Labute approximate surface area is 274 Å². The topological polar surface area (TPSA) is 211 Å². The third-order valence-corrected chi connectivity index (χ3v) is 5.75. The predicted molar refractivity (Wildman–Crippen MR) is 151 cm³/mol. The second kappa shape index (κ2) is 14.3. The molecule has 0 bridgehead atoms. The number of phenolic OH excluding ortho intramolecular Hbond substituents is 3. The summed E-state index contributed by atoms with van der Waals surface area (Å²) in [5.41, 5.74) is 0.726. The Morgan fingerprint density at radius 2 is 0.674 bits per heavy atom. The van der Waals surface area contributed by atoms with E-state index in [1.54, 1.807) is 54.6 Å². The molecule has 0 unspecified atom stereocenters. The van der Waals surface area contributed by atoms with Gasteiger partial charge in [0.05, 0.1) is 0 Å². The normalized spacial score (nSPS) is 10.0. The molecule has 0 spiro atoms. The molecule has 0 radical (unpaired) electrons. The van der Waals surface area contributed by atoms with Gasteiger partial charge in [-0.15, -0.1) is 0 Å². The third kappa shape index (κ3) is 7.86. The molecule has 0 amide bonds. The van der Waals surface area contributed by atoms with E-state index in [1.807, 2.05) is 0 Å². The maximum absolute atomic E-state index is 10.6. The van der Waals surface area contributed by atoms with Gasteiger partial charge in [-0.2, -0.15) is 0 Å². The monoisotopic (exact) mass is 719 g/mol. The number of fused-ring (bicyclic) bond motifs is 3. The summed E-state index contributed by atoms with van der Waals surface area (Å²) in [5.74, 6) is -3.33. The van der Waals surface area contributed by atoms with Crippen LogP contribution in [0.15, 0.2) is 91.0 Å². The Hall–Kier alpha value is -4.96. The van der Waals surface area contributed by atoms with Crippen molar-refractivity contribution in [2.45, 2.75) is 0 Å². The number of benzene rings is 3. The molecule has 3 aromatic heterocycles. The quantitative estimate of drug-likeness (QED) is 0.144. The second-order valence-electron chi connectivity index (χ2n) is 8.55. The molecule has 43 heavy (non-hydrogen) atoms. The number of hydrogen-bond acceptors (Lipinski definition) is 9. The Bertz CT molecular complexity index is 1760. The van der Waals surface area contributed by atoms with Crippen molar-refractivity contribution in [3.8, 4) is 17.2 Å². The van der Waals surface area contributed by atoms with Crippen LogP contribution in [0.2, 0.25) is 0 Å². The number of aromatic hydroxyl groups is 3. The fourth-order valence-corrected chi connectivity index (χ4v) is 3.75. The van der Waals surface area contributed by atoms with E-state index in [-0.39, 0.29) is 74.7 Å². The number of pyridine rings is 3. The van der Waals surface area contributed by atoms with Gasteiger partial charge in [-0.25, -0.2) is 29.3 Å². The molecule has 0 aliphatic heterocycles. The molecule has 6 aromatic rings. The van der Waals surface area contributed by atoms with Crippen molar-refractivity contribution < 1.29 is 85.4 Å².